The van der Waals surface area contributed by atoms with Gasteiger partial charge in [0.05, 0.1) is 0 Å². The van der Waals surface area contributed by atoms with E-state index in [2.05, 4.69) is 38.7 Å². The van der Waals surface area contributed by atoms with Gasteiger partial charge in [0, 0.05) is 18.6 Å². The van der Waals surface area contributed by atoms with Gasteiger partial charge in [0.1, 0.15) is 18.5 Å². The SMILES string of the molecule is Cc1cc(C)cc(OCC(O)CN2C(C)CCCC2C)c1. The predicted molar refractivity (Wildman–Crippen MR) is 86.9 cm³/mol. The molecular formula is C18H29NO2. The van der Waals surface area contributed by atoms with E-state index in [4.69, 9.17) is 4.74 Å². The van der Waals surface area contributed by atoms with Crippen molar-refractivity contribution in [2.75, 3.05) is 13.2 Å². The van der Waals surface area contributed by atoms with Crippen molar-refractivity contribution in [3.8, 4) is 5.75 Å². The highest BCUT2D eigenvalue weighted by Gasteiger charge is 2.26. The van der Waals surface area contributed by atoms with Crippen LogP contribution in [0.5, 0.6) is 5.75 Å². The number of ether oxygens (including phenoxy) is 1. The first kappa shape index (κ1) is 16.3. The Labute approximate surface area is 128 Å². The van der Waals surface area contributed by atoms with Crippen LogP contribution in [0, 0.1) is 13.8 Å². The molecule has 3 nitrogen and oxygen atoms in total. The van der Waals surface area contributed by atoms with Crippen molar-refractivity contribution < 1.29 is 9.84 Å². The minimum atomic E-state index is -0.436. The summed E-state index contributed by atoms with van der Waals surface area (Å²) in [6.45, 7) is 9.70. The van der Waals surface area contributed by atoms with Crippen molar-refractivity contribution in [3.05, 3.63) is 29.3 Å². The summed E-state index contributed by atoms with van der Waals surface area (Å²) in [4.78, 5) is 2.42. The monoisotopic (exact) mass is 291 g/mol. The third kappa shape index (κ3) is 4.72. The summed E-state index contributed by atoms with van der Waals surface area (Å²) in [5.74, 6) is 0.853. The number of rotatable bonds is 5. The van der Waals surface area contributed by atoms with Gasteiger partial charge in [-0.3, -0.25) is 4.90 Å². The third-order valence-corrected chi connectivity index (χ3v) is 4.44. The van der Waals surface area contributed by atoms with E-state index < -0.39 is 6.10 Å². The van der Waals surface area contributed by atoms with Crippen LogP contribution < -0.4 is 4.74 Å². The van der Waals surface area contributed by atoms with Gasteiger partial charge in [0.25, 0.3) is 0 Å². The Hall–Kier alpha value is -1.06. The van der Waals surface area contributed by atoms with Crippen molar-refractivity contribution in [1.29, 1.82) is 0 Å². The largest absolute Gasteiger partial charge is 0.491 e. The van der Waals surface area contributed by atoms with E-state index in [0.717, 1.165) is 5.75 Å². The molecule has 1 aromatic rings. The molecule has 1 saturated heterocycles. The zero-order valence-electron chi connectivity index (χ0n) is 13.8. The average Bonchev–Trinajstić information content (AvgIpc) is 2.40. The molecule has 1 aliphatic rings. The first-order valence-corrected chi connectivity index (χ1v) is 8.10. The van der Waals surface area contributed by atoms with E-state index in [1.54, 1.807) is 0 Å². The molecule has 1 aliphatic heterocycles. The molecule has 2 rings (SSSR count). The van der Waals surface area contributed by atoms with Crippen LogP contribution in [0.15, 0.2) is 18.2 Å². The van der Waals surface area contributed by atoms with Crippen LogP contribution in [0.2, 0.25) is 0 Å². The maximum Gasteiger partial charge on any atom is 0.119 e. The Morgan fingerprint density at radius 1 is 1.14 bits per heavy atom. The van der Waals surface area contributed by atoms with Crippen LogP contribution >= 0.6 is 0 Å². The molecule has 0 aliphatic carbocycles. The average molecular weight is 291 g/mol. The van der Waals surface area contributed by atoms with Crippen molar-refractivity contribution >= 4 is 0 Å². The van der Waals surface area contributed by atoms with Gasteiger partial charge < -0.3 is 9.84 Å². The van der Waals surface area contributed by atoms with Crippen LogP contribution in [0.3, 0.4) is 0 Å². The number of piperidine rings is 1. The Balaban J connectivity index is 1.85. The number of aliphatic hydroxyl groups excluding tert-OH is 1. The normalized spacial score (nSPS) is 24.8. The summed E-state index contributed by atoms with van der Waals surface area (Å²) in [6, 6.07) is 7.28. The Morgan fingerprint density at radius 3 is 2.29 bits per heavy atom. The quantitative estimate of drug-likeness (QED) is 0.903. The molecule has 118 valence electrons. The van der Waals surface area contributed by atoms with Crippen LogP contribution in [-0.2, 0) is 0 Å². The van der Waals surface area contributed by atoms with Gasteiger partial charge in [-0.05, 0) is 63.8 Å². The van der Waals surface area contributed by atoms with Gasteiger partial charge in [-0.25, -0.2) is 0 Å². The molecule has 0 amide bonds. The second-order valence-electron chi connectivity index (χ2n) is 6.61. The molecule has 1 fully saturated rings. The lowest BCUT2D eigenvalue weighted by Crippen LogP contribution is -2.48. The number of nitrogens with zero attached hydrogens (tertiary/aromatic N) is 1. The first-order valence-electron chi connectivity index (χ1n) is 8.10. The molecule has 1 N–H and O–H groups in total. The highest BCUT2D eigenvalue weighted by atomic mass is 16.5. The fourth-order valence-corrected chi connectivity index (χ4v) is 3.34. The summed E-state index contributed by atoms with van der Waals surface area (Å²) >= 11 is 0. The smallest absolute Gasteiger partial charge is 0.119 e. The van der Waals surface area contributed by atoms with Crippen LogP contribution in [0.4, 0.5) is 0 Å². The lowest BCUT2D eigenvalue weighted by atomic mass is 9.97. The first-order chi connectivity index (χ1) is 9.95. The van der Waals surface area contributed by atoms with Crippen LogP contribution in [-0.4, -0.2) is 41.3 Å². The van der Waals surface area contributed by atoms with Crippen molar-refractivity contribution in [2.45, 2.75) is 65.1 Å². The number of β-amino-alcohol motifs (C(OH)–C–C–N with tert-alkyl or cyclic N) is 1. The minimum absolute atomic E-state index is 0.360. The molecule has 3 heteroatoms. The fourth-order valence-electron chi connectivity index (χ4n) is 3.34. The summed E-state index contributed by atoms with van der Waals surface area (Å²) < 4.78 is 5.76. The predicted octanol–water partition coefficient (Wildman–Crippen LogP) is 3.31. The van der Waals surface area contributed by atoms with Gasteiger partial charge in [0.2, 0.25) is 0 Å². The third-order valence-electron chi connectivity index (χ3n) is 4.44. The van der Waals surface area contributed by atoms with Crippen LogP contribution in [0.25, 0.3) is 0 Å². The standard InChI is InChI=1S/C18H29NO2/c1-13-8-14(2)10-18(9-13)21-12-17(20)11-19-15(3)6-5-7-16(19)4/h8-10,15-17,20H,5-7,11-12H2,1-4H3. The molecule has 0 radical (unpaired) electrons. The molecule has 21 heavy (non-hydrogen) atoms. The zero-order valence-corrected chi connectivity index (χ0v) is 13.8. The van der Waals surface area contributed by atoms with E-state index in [1.165, 1.54) is 30.4 Å². The van der Waals surface area contributed by atoms with Gasteiger partial charge in [0.15, 0.2) is 0 Å². The Kier molecular flexibility index (Phi) is 5.65. The molecule has 1 aromatic carbocycles. The number of aryl methyl sites for hydroxylation is 2. The lowest BCUT2D eigenvalue weighted by Gasteiger charge is -2.40. The van der Waals surface area contributed by atoms with E-state index in [1.807, 2.05) is 12.1 Å². The molecule has 3 unspecified atom stereocenters. The maximum absolute atomic E-state index is 10.3. The van der Waals surface area contributed by atoms with Crippen molar-refractivity contribution in [3.63, 3.8) is 0 Å². The van der Waals surface area contributed by atoms with Gasteiger partial charge in [-0.1, -0.05) is 12.5 Å². The molecule has 0 bridgehead atoms. The van der Waals surface area contributed by atoms with E-state index in [9.17, 15) is 5.11 Å². The highest BCUT2D eigenvalue weighted by molar-refractivity contribution is 5.32. The number of hydrogen-bond donors (Lipinski definition) is 1. The summed E-state index contributed by atoms with van der Waals surface area (Å²) in [7, 11) is 0. The zero-order chi connectivity index (χ0) is 15.4. The number of benzene rings is 1. The van der Waals surface area contributed by atoms with E-state index in [-0.39, 0.29) is 0 Å². The fraction of sp³-hybridized carbons (Fsp3) is 0.667. The molecule has 1 heterocycles. The molecule has 0 aromatic heterocycles. The summed E-state index contributed by atoms with van der Waals surface area (Å²) in [6.07, 6.45) is 3.33. The van der Waals surface area contributed by atoms with E-state index in [0.29, 0.717) is 25.2 Å². The molecule has 3 atom stereocenters. The van der Waals surface area contributed by atoms with Crippen molar-refractivity contribution in [2.24, 2.45) is 0 Å². The number of aliphatic hydroxyl groups is 1. The second kappa shape index (κ2) is 7.28. The minimum Gasteiger partial charge on any atom is -0.491 e. The van der Waals surface area contributed by atoms with E-state index >= 15 is 0 Å². The maximum atomic E-state index is 10.3. The van der Waals surface area contributed by atoms with Gasteiger partial charge in [-0.2, -0.15) is 0 Å². The molecular weight excluding hydrogens is 262 g/mol. The number of likely N-dealkylation sites (tertiary alicyclic amines) is 1. The molecule has 0 saturated carbocycles. The van der Waals surface area contributed by atoms with Crippen LogP contribution in [0.1, 0.15) is 44.2 Å². The van der Waals surface area contributed by atoms with Crippen molar-refractivity contribution in [1.82, 2.24) is 4.90 Å². The Bertz CT molecular complexity index is 430. The number of hydrogen-bond acceptors (Lipinski definition) is 3. The highest BCUT2D eigenvalue weighted by Crippen LogP contribution is 2.23. The summed E-state index contributed by atoms with van der Waals surface area (Å²) in [5.41, 5.74) is 2.38. The van der Waals surface area contributed by atoms with Gasteiger partial charge >= 0.3 is 0 Å². The second-order valence-corrected chi connectivity index (χ2v) is 6.61. The topological polar surface area (TPSA) is 32.7 Å². The van der Waals surface area contributed by atoms with Gasteiger partial charge in [-0.15, -0.1) is 0 Å². The summed E-state index contributed by atoms with van der Waals surface area (Å²) in [5, 5.41) is 10.3. The Morgan fingerprint density at radius 2 is 1.71 bits per heavy atom. The molecule has 0 spiro atoms. The lowest BCUT2D eigenvalue weighted by molar-refractivity contribution is 0.0208.